The van der Waals surface area contributed by atoms with Crippen molar-refractivity contribution in [3.05, 3.63) is 23.0 Å². The summed E-state index contributed by atoms with van der Waals surface area (Å²) < 4.78 is 11.2. The summed E-state index contributed by atoms with van der Waals surface area (Å²) >= 11 is 6.13. The Morgan fingerprint density at radius 1 is 1.17 bits per heavy atom. The second-order valence-corrected chi connectivity index (χ2v) is 8.56. The Morgan fingerprint density at radius 3 is 2.52 bits per heavy atom. The number of primary amides is 1. The smallest absolute Gasteiger partial charge is 0.237 e. The van der Waals surface area contributed by atoms with Gasteiger partial charge in [0.2, 0.25) is 5.91 Å². The minimum Gasteiger partial charge on any atom is -0.444 e. The Morgan fingerprint density at radius 2 is 1.86 bits per heavy atom. The first kappa shape index (κ1) is 20.4. The molecule has 1 amide bonds. The van der Waals surface area contributed by atoms with Gasteiger partial charge in [0.05, 0.1) is 29.8 Å². The lowest BCUT2D eigenvalue weighted by Gasteiger charge is -2.42. The van der Waals surface area contributed by atoms with Gasteiger partial charge < -0.3 is 19.8 Å². The van der Waals surface area contributed by atoms with Gasteiger partial charge in [0.1, 0.15) is 11.4 Å². The summed E-state index contributed by atoms with van der Waals surface area (Å²) in [6.45, 7) is 10.8. The van der Waals surface area contributed by atoms with Crippen molar-refractivity contribution in [1.29, 1.82) is 0 Å². The van der Waals surface area contributed by atoms with Crippen molar-refractivity contribution >= 4 is 34.3 Å². The molecule has 0 bridgehead atoms. The maximum atomic E-state index is 11.7. The number of hydrogen-bond donors (Lipinski definition) is 1. The van der Waals surface area contributed by atoms with Crippen LogP contribution in [0.25, 0.3) is 11.0 Å². The van der Waals surface area contributed by atoms with Gasteiger partial charge in [-0.25, -0.2) is 4.98 Å². The van der Waals surface area contributed by atoms with E-state index in [1.165, 1.54) is 0 Å². The number of morpholine rings is 1. The fourth-order valence-corrected chi connectivity index (χ4v) is 4.18. The van der Waals surface area contributed by atoms with Crippen LogP contribution in [0.2, 0.25) is 5.22 Å². The Bertz CT molecular complexity index is 886. The molecule has 0 spiro atoms. The van der Waals surface area contributed by atoms with Crippen LogP contribution in [0.4, 0.5) is 5.82 Å². The highest BCUT2D eigenvalue weighted by Crippen LogP contribution is 2.32. The van der Waals surface area contributed by atoms with Gasteiger partial charge in [-0.1, -0.05) is 0 Å². The Balaban J connectivity index is 1.51. The highest BCUT2D eigenvalue weighted by molar-refractivity contribution is 6.30. The standard InChI is InChI=1S/C20H28ClN5O3/c1-20(2,19(22)27)26-5-3-24(4-6-26)13-14-11-16-15(12-17(21)29-16)18(23-14)25-7-9-28-10-8-25/h11-12H,3-10,13H2,1-2H3,(H2,22,27). The summed E-state index contributed by atoms with van der Waals surface area (Å²) in [7, 11) is 0. The first-order valence-corrected chi connectivity index (χ1v) is 10.4. The predicted molar refractivity (Wildman–Crippen MR) is 112 cm³/mol. The van der Waals surface area contributed by atoms with E-state index in [0.29, 0.717) is 18.4 Å². The van der Waals surface area contributed by atoms with Crippen molar-refractivity contribution in [2.75, 3.05) is 57.4 Å². The lowest BCUT2D eigenvalue weighted by Crippen LogP contribution is -2.59. The minimum absolute atomic E-state index is 0.289. The molecule has 0 atom stereocenters. The van der Waals surface area contributed by atoms with Crippen LogP contribution in [-0.2, 0) is 16.1 Å². The van der Waals surface area contributed by atoms with Gasteiger partial charge in [-0.3, -0.25) is 14.6 Å². The average molecular weight is 422 g/mol. The van der Waals surface area contributed by atoms with Crippen LogP contribution in [0.3, 0.4) is 0 Å². The molecule has 8 nitrogen and oxygen atoms in total. The Kier molecular flexibility index (Phi) is 5.70. The molecule has 4 heterocycles. The van der Waals surface area contributed by atoms with Gasteiger partial charge in [-0.05, 0) is 25.4 Å². The fraction of sp³-hybridized carbons (Fsp3) is 0.600. The van der Waals surface area contributed by atoms with E-state index >= 15 is 0 Å². The molecular formula is C20H28ClN5O3. The maximum Gasteiger partial charge on any atom is 0.237 e. The number of halogens is 1. The number of furan rings is 1. The summed E-state index contributed by atoms with van der Waals surface area (Å²) in [5.74, 6) is 0.618. The SMILES string of the molecule is CC(C)(C(N)=O)N1CCN(Cc2cc3oc(Cl)cc3c(N3CCOCC3)n2)CC1. The number of fused-ring (bicyclic) bond motifs is 1. The van der Waals surface area contributed by atoms with Crippen molar-refractivity contribution < 1.29 is 13.9 Å². The van der Waals surface area contributed by atoms with Gasteiger partial charge in [0, 0.05) is 57.9 Å². The third-order valence-corrected chi connectivity index (χ3v) is 6.17. The van der Waals surface area contributed by atoms with Crippen LogP contribution >= 0.6 is 11.6 Å². The molecule has 0 saturated carbocycles. The van der Waals surface area contributed by atoms with Crippen LogP contribution in [0.5, 0.6) is 0 Å². The molecule has 0 radical (unpaired) electrons. The van der Waals surface area contributed by atoms with E-state index in [1.54, 1.807) is 0 Å². The highest BCUT2D eigenvalue weighted by Gasteiger charge is 2.34. The number of carbonyl (C=O) groups excluding carboxylic acids is 1. The van der Waals surface area contributed by atoms with Crippen molar-refractivity contribution in [2.24, 2.45) is 5.73 Å². The van der Waals surface area contributed by atoms with E-state index in [-0.39, 0.29) is 5.91 Å². The zero-order valence-electron chi connectivity index (χ0n) is 17.0. The zero-order chi connectivity index (χ0) is 20.6. The largest absolute Gasteiger partial charge is 0.444 e. The molecule has 2 aliphatic heterocycles. The normalized spacial score (nSPS) is 19.8. The van der Waals surface area contributed by atoms with E-state index in [0.717, 1.165) is 68.3 Å². The van der Waals surface area contributed by atoms with Crippen LogP contribution < -0.4 is 10.6 Å². The van der Waals surface area contributed by atoms with Gasteiger partial charge in [-0.15, -0.1) is 0 Å². The number of pyridine rings is 1. The molecule has 9 heteroatoms. The maximum absolute atomic E-state index is 11.7. The predicted octanol–water partition coefficient (Wildman–Crippen LogP) is 1.70. The summed E-state index contributed by atoms with van der Waals surface area (Å²) in [5, 5.41) is 1.31. The lowest BCUT2D eigenvalue weighted by atomic mass is 10.0. The summed E-state index contributed by atoms with van der Waals surface area (Å²) in [6.07, 6.45) is 0. The summed E-state index contributed by atoms with van der Waals surface area (Å²) in [4.78, 5) is 23.4. The molecule has 29 heavy (non-hydrogen) atoms. The lowest BCUT2D eigenvalue weighted by molar-refractivity contribution is -0.129. The number of carbonyl (C=O) groups is 1. The molecule has 2 aromatic heterocycles. The number of rotatable bonds is 5. The molecular weight excluding hydrogens is 394 g/mol. The molecule has 2 saturated heterocycles. The number of aromatic nitrogens is 1. The van der Waals surface area contributed by atoms with Gasteiger partial charge in [0.15, 0.2) is 5.22 Å². The van der Waals surface area contributed by atoms with Crippen molar-refractivity contribution in [1.82, 2.24) is 14.8 Å². The number of ether oxygens (including phenoxy) is 1. The van der Waals surface area contributed by atoms with Gasteiger partial charge in [0.25, 0.3) is 0 Å². The molecule has 2 aromatic rings. The number of nitrogens with zero attached hydrogens (tertiary/aromatic N) is 4. The van der Waals surface area contributed by atoms with Crippen LogP contribution in [0, 0.1) is 0 Å². The second-order valence-electron chi connectivity index (χ2n) is 8.19. The van der Waals surface area contributed by atoms with Crippen molar-refractivity contribution in [3.8, 4) is 0 Å². The number of anilines is 1. The molecule has 2 fully saturated rings. The molecule has 0 unspecified atom stereocenters. The fourth-order valence-electron chi connectivity index (χ4n) is 3.98. The molecule has 2 N–H and O–H groups in total. The van der Waals surface area contributed by atoms with Crippen LogP contribution in [-0.4, -0.2) is 78.7 Å². The molecule has 4 rings (SSSR count). The van der Waals surface area contributed by atoms with E-state index in [9.17, 15) is 4.79 Å². The highest BCUT2D eigenvalue weighted by atomic mass is 35.5. The quantitative estimate of drug-likeness (QED) is 0.785. The monoisotopic (exact) mass is 421 g/mol. The minimum atomic E-state index is -0.627. The van der Waals surface area contributed by atoms with Crippen LogP contribution in [0.1, 0.15) is 19.5 Å². The van der Waals surface area contributed by atoms with Gasteiger partial charge >= 0.3 is 0 Å². The molecule has 0 aromatic carbocycles. The van der Waals surface area contributed by atoms with E-state index in [4.69, 9.17) is 31.5 Å². The van der Waals surface area contributed by atoms with Crippen LogP contribution in [0.15, 0.2) is 16.5 Å². The summed E-state index contributed by atoms with van der Waals surface area (Å²) in [6, 6.07) is 3.81. The zero-order valence-corrected chi connectivity index (χ0v) is 17.7. The number of piperazine rings is 1. The van der Waals surface area contributed by atoms with E-state index in [2.05, 4.69) is 14.7 Å². The first-order chi connectivity index (χ1) is 13.8. The molecule has 158 valence electrons. The van der Waals surface area contributed by atoms with E-state index < -0.39 is 5.54 Å². The average Bonchev–Trinajstić information content (AvgIpc) is 3.08. The van der Waals surface area contributed by atoms with E-state index in [1.807, 2.05) is 26.0 Å². The number of nitrogens with two attached hydrogens (primary N) is 1. The number of hydrogen-bond acceptors (Lipinski definition) is 7. The van der Waals surface area contributed by atoms with Crippen molar-refractivity contribution in [2.45, 2.75) is 25.9 Å². The molecule has 0 aliphatic carbocycles. The number of amides is 1. The topological polar surface area (TPSA) is 88.1 Å². The first-order valence-electron chi connectivity index (χ1n) is 10.0. The summed E-state index contributed by atoms with van der Waals surface area (Å²) in [5.41, 5.74) is 6.65. The Labute approximate surface area is 175 Å². The van der Waals surface area contributed by atoms with Crippen molar-refractivity contribution in [3.63, 3.8) is 0 Å². The second kappa shape index (κ2) is 8.10. The third kappa shape index (κ3) is 4.21. The third-order valence-electron chi connectivity index (χ3n) is 5.98. The Hall–Kier alpha value is -1.87. The molecule has 2 aliphatic rings. The van der Waals surface area contributed by atoms with Gasteiger partial charge in [-0.2, -0.15) is 0 Å².